The molecule has 1 amide bonds. The molecule has 1 aliphatic rings. The number of carbonyl (C=O) groups excluding carboxylic acids is 1. The van der Waals surface area contributed by atoms with E-state index in [0.717, 1.165) is 24.7 Å². The van der Waals surface area contributed by atoms with Gasteiger partial charge in [0.2, 0.25) is 5.91 Å². The summed E-state index contributed by atoms with van der Waals surface area (Å²) in [4.78, 5) is 13.5. The van der Waals surface area contributed by atoms with Crippen LogP contribution in [0.1, 0.15) is 26.7 Å². The van der Waals surface area contributed by atoms with E-state index >= 15 is 0 Å². The van der Waals surface area contributed by atoms with Crippen LogP contribution < -0.4 is 0 Å². The SMILES string of the molecule is CCC(C)N1CC(CBr)CC1=O. The topological polar surface area (TPSA) is 20.3 Å². The van der Waals surface area contributed by atoms with Gasteiger partial charge in [-0.05, 0) is 19.3 Å². The van der Waals surface area contributed by atoms with E-state index in [1.165, 1.54) is 0 Å². The van der Waals surface area contributed by atoms with Crippen molar-refractivity contribution in [1.29, 1.82) is 0 Å². The van der Waals surface area contributed by atoms with Gasteiger partial charge in [-0.2, -0.15) is 0 Å². The van der Waals surface area contributed by atoms with E-state index < -0.39 is 0 Å². The van der Waals surface area contributed by atoms with Crippen molar-refractivity contribution in [3.63, 3.8) is 0 Å². The molecule has 70 valence electrons. The molecule has 0 bridgehead atoms. The van der Waals surface area contributed by atoms with Gasteiger partial charge in [0.1, 0.15) is 0 Å². The number of hydrogen-bond acceptors (Lipinski definition) is 1. The van der Waals surface area contributed by atoms with Gasteiger partial charge in [-0.3, -0.25) is 4.79 Å². The van der Waals surface area contributed by atoms with Gasteiger partial charge < -0.3 is 4.90 Å². The molecule has 0 saturated carbocycles. The van der Waals surface area contributed by atoms with Crippen LogP contribution >= 0.6 is 15.9 Å². The predicted octanol–water partition coefficient (Wildman–Crippen LogP) is 2.03. The molecule has 2 atom stereocenters. The Morgan fingerprint density at radius 3 is 2.83 bits per heavy atom. The molecule has 0 N–H and O–H groups in total. The van der Waals surface area contributed by atoms with Gasteiger partial charge in [-0.25, -0.2) is 0 Å². The summed E-state index contributed by atoms with van der Waals surface area (Å²) in [6.45, 7) is 5.19. The Morgan fingerprint density at radius 2 is 2.42 bits per heavy atom. The lowest BCUT2D eigenvalue weighted by Gasteiger charge is -2.23. The maximum atomic E-state index is 11.4. The van der Waals surface area contributed by atoms with Gasteiger partial charge in [0, 0.05) is 24.3 Å². The fourth-order valence-electron chi connectivity index (χ4n) is 1.56. The second kappa shape index (κ2) is 4.26. The van der Waals surface area contributed by atoms with Crippen molar-refractivity contribution in [1.82, 2.24) is 4.90 Å². The Labute approximate surface area is 82.4 Å². The zero-order valence-electron chi connectivity index (χ0n) is 7.72. The number of nitrogens with zero attached hydrogens (tertiary/aromatic N) is 1. The minimum Gasteiger partial charge on any atom is -0.340 e. The van der Waals surface area contributed by atoms with E-state index in [2.05, 4.69) is 29.8 Å². The first-order valence-electron chi connectivity index (χ1n) is 4.54. The summed E-state index contributed by atoms with van der Waals surface area (Å²) in [5.74, 6) is 0.861. The molecule has 1 rings (SSSR count). The van der Waals surface area contributed by atoms with Crippen LogP contribution in [0.25, 0.3) is 0 Å². The van der Waals surface area contributed by atoms with Crippen molar-refractivity contribution in [3.05, 3.63) is 0 Å². The first-order valence-corrected chi connectivity index (χ1v) is 5.66. The number of likely N-dealkylation sites (tertiary alicyclic amines) is 1. The number of halogens is 1. The third-order valence-corrected chi connectivity index (χ3v) is 3.50. The lowest BCUT2D eigenvalue weighted by atomic mass is 10.1. The van der Waals surface area contributed by atoms with Crippen molar-refractivity contribution in [3.8, 4) is 0 Å². The van der Waals surface area contributed by atoms with E-state index in [4.69, 9.17) is 0 Å². The quantitative estimate of drug-likeness (QED) is 0.684. The average molecular weight is 234 g/mol. The molecule has 12 heavy (non-hydrogen) atoms. The summed E-state index contributed by atoms with van der Waals surface area (Å²) < 4.78 is 0. The normalized spacial score (nSPS) is 26.4. The molecule has 0 aromatic rings. The molecular formula is C9H16BrNO. The van der Waals surface area contributed by atoms with Crippen LogP contribution in [-0.4, -0.2) is 28.7 Å². The smallest absolute Gasteiger partial charge is 0.223 e. The summed E-state index contributed by atoms with van der Waals surface area (Å²) in [5, 5.41) is 0.950. The van der Waals surface area contributed by atoms with E-state index in [-0.39, 0.29) is 0 Å². The molecule has 0 aromatic carbocycles. The lowest BCUT2D eigenvalue weighted by Crippen LogP contribution is -2.33. The standard InChI is InChI=1S/C9H16BrNO/c1-3-7(2)11-6-8(5-10)4-9(11)12/h7-8H,3-6H2,1-2H3. The molecule has 1 saturated heterocycles. The highest BCUT2D eigenvalue weighted by molar-refractivity contribution is 9.09. The molecule has 0 spiro atoms. The molecule has 1 aliphatic heterocycles. The van der Waals surface area contributed by atoms with Gasteiger partial charge in [-0.1, -0.05) is 22.9 Å². The zero-order valence-corrected chi connectivity index (χ0v) is 9.30. The van der Waals surface area contributed by atoms with Crippen LogP contribution in [0, 0.1) is 5.92 Å². The van der Waals surface area contributed by atoms with Gasteiger partial charge in [0.25, 0.3) is 0 Å². The van der Waals surface area contributed by atoms with Crippen LogP contribution in [-0.2, 0) is 4.79 Å². The van der Waals surface area contributed by atoms with E-state index in [0.29, 0.717) is 17.9 Å². The van der Waals surface area contributed by atoms with Gasteiger partial charge in [0.15, 0.2) is 0 Å². The lowest BCUT2D eigenvalue weighted by molar-refractivity contribution is -0.129. The first kappa shape index (κ1) is 10.0. The van der Waals surface area contributed by atoms with Crippen molar-refractivity contribution < 1.29 is 4.79 Å². The first-order chi connectivity index (χ1) is 5.69. The van der Waals surface area contributed by atoms with E-state index in [1.807, 2.05) is 4.90 Å². The molecule has 0 aromatic heterocycles. The maximum absolute atomic E-state index is 11.4. The van der Waals surface area contributed by atoms with Crippen LogP contribution in [0.5, 0.6) is 0 Å². The Hall–Kier alpha value is -0.0500. The number of rotatable bonds is 3. The fourth-order valence-corrected chi connectivity index (χ4v) is 1.99. The van der Waals surface area contributed by atoms with Crippen LogP contribution in [0.15, 0.2) is 0 Å². The van der Waals surface area contributed by atoms with Gasteiger partial charge in [0.05, 0.1) is 0 Å². The van der Waals surface area contributed by atoms with Crippen molar-refractivity contribution in [2.75, 3.05) is 11.9 Å². The Morgan fingerprint density at radius 1 is 1.75 bits per heavy atom. The molecule has 2 unspecified atom stereocenters. The number of hydrogen-bond donors (Lipinski definition) is 0. The fraction of sp³-hybridized carbons (Fsp3) is 0.889. The second-order valence-electron chi connectivity index (χ2n) is 3.53. The highest BCUT2D eigenvalue weighted by atomic mass is 79.9. The predicted molar refractivity (Wildman–Crippen MR) is 53.4 cm³/mol. The second-order valence-corrected chi connectivity index (χ2v) is 4.18. The van der Waals surface area contributed by atoms with Crippen molar-refractivity contribution >= 4 is 21.8 Å². The number of alkyl halides is 1. The third kappa shape index (κ3) is 2.00. The summed E-state index contributed by atoms with van der Waals surface area (Å²) in [7, 11) is 0. The Kier molecular flexibility index (Phi) is 3.56. The van der Waals surface area contributed by atoms with Crippen molar-refractivity contribution in [2.45, 2.75) is 32.7 Å². The van der Waals surface area contributed by atoms with Crippen LogP contribution in [0.3, 0.4) is 0 Å². The number of carbonyl (C=O) groups is 1. The molecule has 3 heteroatoms. The highest BCUT2D eigenvalue weighted by Crippen LogP contribution is 2.22. The molecule has 1 fully saturated rings. The highest BCUT2D eigenvalue weighted by Gasteiger charge is 2.30. The summed E-state index contributed by atoms with van der Waals surface area (Å²) >= 11 is 3.42. The molecule has 0 radical (unpaired) electrons. The minimum atomic E-state index is 0.328. The summed E-state index contributed by atoms with van der Waals surface area (Å²) in [6, 6.07) is 0.418. The van der Waals surface area contributed by atoms with E-state index in [9.17, 15) is 4.79 Å². The average Bonchev–Trinajstić information content (AvgIpc) is 2.45. The Bertz CT molecular complexity index is 172. The summed E-state index contributed by atoms with van der Waals surface area (Å²) in [6.07, 6.45) is 1.79. The third-order valence-electron chi connectivity index (χ3n) is 2.58. The molecule has 2 nitrogen and oxygen atoms in total. The zero-order chi connectivity index (χ0) is 9.14. The van der Waals surface area contributed by atoms with Crippen LogP contribution in [0.2, 0.25) is 0 Å². The van der Waals surface area contributed by atoms with E-state index in [1.54, 1.807) is 0 Å². The Balaban J connectivity index is 2.51. The maximum Gasteiger partial charge on any atom is 0.223 e. The monoisotopic (exact) mass is 233 g/mol. The van der Waals surface area contributed by atoms with Gasteiger partial charge >= 0.3 is 0 Å². The minimum absolute atomic E-state index is 0.328. The molecular weight excluding hydrogens is 218 g/mol. The van der Waals surface area contributed by atoms with Gasteiger partial charge in [-0.15, -0.1) is 0 Å². The number of amides is 1. The molecule has 0 aliphatic carbocycles. The molecule has 1 heterocycles. The summed E-state index contributed by atoms with van der Waals surface area (Å²) in [5.41, 5.74) is 0. The van der Waals surface area contributed by atoms with Crippen LogP contribution in [0.4, 0.5) is 0 Å². The largest absolute Gasteiger partial charge is 0.340 e. The van der Waals surface area contributed by atoms with Crippen molar-refractivity contribution in [2.24, 2.45) is 5.92 Å².